The summed E-state index contributed by atoms with van der Waals surface area (Å²) < 4.78 is 5.14. The molecule has 0 spiro atoms. The molecule has 0 N–H and O–H groups in total. The molecule has 0 saturated heterocycles. The summed E-state index contributed by atoms with van der Waals surface area (Å²) in [6.07, 6.45) is 0. The van der Waals surface area contributed by atoms with Crippen LogP contribution in [0.5, 0.6) is 0 Å². The Morgan fingerprint density at radius 3 is 0.887 bits per heavy atom. The second kappa shape index (κ2) is 27.4. The van der Waals surface area contributed by atoms with Gasteiger partial charge >= 0.3 is 0 Å². The Hall–Kier alpha value is -14.0. The average Bonchev–Trinajstić information content (AvgIpc) is 1.13. The van der Waals surface area contributed by atoms with Crippen LogP contribution in [0.25, 0.3) is 144 Å². The molecule has 19 aromatic rings. The van der Waals surface area contributed by atoms with Crippen molar-refractivity contribution in [2.45, 2.75) is 52.4 Å². The van der Waals surface area contributed by atoms with Gasteiger partial charge in [0.15, 0.2) is 0 Å². The highest BCUT2D eigenvalue weighted by Crippen LogP contribution is 2.52. The zero-order chi connectivity index (χ0) is 77.2. The van der Waals surface area contributed by atoms with Crippen LogP contribution in [0.3, 0.4) is 0 Å². The molecule has 0 radical (unpaired) electrons. The lowest BCUT2D eigenvalue weighted by molar-refractivity contribution is 0.590. The first-order chi connectivity index (χ1) is 56.3. The highest BCUT2D eigenvalue weighted by molar-refractivity contribution is 7.00. The molecule has 2 aliphatic rings. The smallest absolute Gasteiger partial charge is 0.252 e. The van der Waals surface area contributed by atoms with Crippen molar-refractivity contribution in [2.24, 2.45) is 0 Å². The Morgan fingerprint density at radius 2 is 0.513 bits per heavy atom. The van der Waals surface area contributed by atoms with Crippen LogP contribution in [0.15, 0.2) is 394 Å². The van der Waals surface area contributed by atoms with Crippen molar-refractivity contribution in [3.8, 4) is 100 Å². The van der Waals surface area contributed by atoms with E-state index in [2.05, 4.69) is 455 Å². The van der Waals surface area contributed by atoms with Gasteiger partial charge in [-0.15, -0.1) is 0 Å². The number of hydrogen-bond donors (Lipinski definition) is 0. The van der Waals surface area contributed by atoms with E-state index in [1.165, 1.54) is 105 Å². The van der Waals surface area contributed by atoms with Gasteiger partial charge < -0.3 is 18.9 Å². The highest BCUT2D eigenvalue weighted by atomic mass is 15.2. The van der Waals surface area contributed by atoms with Crippen molar-refractivity contribution in [1.29, 1.82) is 0 Å². The van der Waals surface area contributed by atoms with E-state index in [0.717, 1.165) is 101 Å². The van der Waals surface area contributed by atoms with Gasteiger partial charge in [-0.3, -0.25) is 0 Å². The van der Waals surface area contributed by atoms with Gasteiger partial charge in [-0.2, -0.15) is 0 Å². The molecule has 115 heavy (non-hydrogen) atoms. The number of hydrogen-bond acceptors (Lipinski definition) is 2. The maximum Gasteiger partial charge on any atom is 0.252 e. The monoisotopic (exact) mass is 1470 g/mol. The molecule has 0 aliphatic carbocycles. The van der Waals surface area contributed by atoms with Gasteiger partial charge in [0.25, 0.3) is 6.71 Å². The van der Waals surface area contributed by atoms with Gasteiger partial charge in [-0.05, 0) is 214 Å². The third kappa shape index (κ3) is 11.7. The molecule has 5 heteroatoms. The fraction of sp³-hybridized carbons (Fsp3) is 0.0727. The number of anilines is 6. The zero-order valence-corrected chi connectivity index (χ0v) is 65.4. The topological polar surface area (TPSA) is 16.3 Å². The predicted molar refractivity (Wildman–Crippen MR) is 490 cm³/mol. The van der Waals surface area contributed by atoms with Crippen molar-refractivity contribution < 1.29 is 0 Å². The van der Waals surface area contributed by atoms with Crippen LogP contribution in [-0.2, 0) is 10.8 Å². The minimum absolute atomic E-state index is 0.00192. The van der Waals surface area contributed by atoms with E-state index in [1.54, 1.807) is 0 Å². The maximum absolute atomic E-state index is 2.62. The Kier molecular flexibility index (Phi) is 16.5. The number of benzene rings is 17. The third-order valence-electron chi connectivity index (χ3n) is 24.2. The van der Waals surface area contributed by atoms with Gasteiger partial charge in [0.2, 0.25) is 0 Å². The van der Waals surface area contributed by atoms with E-state index >= 15 is 0 Å². The summed E-state index contributed by atoms with van der Waals surface area (Å²) in [5, 5.41) is 4.85. The summed E-state index contributed by atoms with van der Waals surface area (Å²) in [5.41, 5.74) is 38.2. The molecular weight excluding hydrogens is 1390 g/mol. The van der Waals surface area contributed by atoms with Crippen molar-refractivity contribution in [1.82, 2.24) is 9.13 Å². The van der Waals surface area contributed by atoms with Gasteiger partial charge in [-0.25, -0.2) is 0 Å². The van der Waals surface area contributed by atoms with Gasteiger partial charge in [0.1, 0.15) is 0 Å². The quantitative estimate of drug-likeness (QED) is 0.113. The Balaban J connectivity index is 0.867. The highest BCUT2D eigenvalue weighted by Gasteiger charge is 2.45. The molecule has 4 heterocycles. The fourth-order valence-electron chi connectivity index (χ4n) is 18.6. The van der Waals surface area contributed by atoms with Gasteiger partial charge in [0, 0.05) is 77.9 Å². The van der Waals surface area contributed by atoms with Crippen molar-refractivity contribution >= 4 is 101 Å². The molecule has 21 rings (SSSR count). The standard InChI is InChI=1S/C110H83BN4/c1-109(2,3)84-56-52-76(53-57-84)90-42-27-44-94-92-40-21-25-48-100(92)112(107(90)94)86-60-62-102-96(70-86)111-97-71-87(113-101-49-26-22-41-93(101)95-45-28-43-91(108(95)113)77-54-58-85(59-55-77)110(4,5)6)61-63-103(97)115(99-47-24-20-39-89(99)83-68-80(74-34-15-9-16-35-74)65-81(69-83)75-36-17-10-18-37-75)105-51-29-50-104(106(105)111)114(102)98-46-23-19-38-88(98)82-66-78(72-30-11-7-12-31-72)64-79(67-82)73-32-13-8-14-33-73/h7-71H,1-6H3. The first-order valence-corrected chi connectivity index (χ1v) is 40.3. The largest absolute Gasteiger partial charge is 0.311 e. The van der Waals surface area contributed by atoms with Crippen molar-refractivity contribution in [2.75, 3.05) is 9.80 Å². The minimum Gasteiger partial charge on any atom is -0.311 e. The van der Waals surface area contributed by atoms with Gasteiger partial charge in [0.05, 0.1) is 33.4 Å². The third-order valence-corrected chi connectivity index (χ3v) is 24.2. The van der Waals surface area contributed by atoms with Crippen LogP contribution in [0.2, 0.25) is 0 Å². The molecule has 4 nitrogen and oxygen atoms in total. The molecule has 2 aliphatic heterocycles. The first kappa shape index (κ1) is 69.0. The average molecular weight is 1470 g/mol. The lowest BCUT2D eigenvalue weighted by Gasteiger charge is -2.45. The summed E-state index contributed by atoms with van der Waals surface area (Å²) in [7, 11) is 0. The number of para-hydroxylation sites is 6. The number of fused-ring (bicyclic) bond motifs is 10. The molecule has 546 valence electrons. The van der Waals surface area contributed by atoms with Crippen LogP contribution in [0, 0.1) is 0 Å². The second-order valence-electron chi connectivity index (χ2n) is 33.2. The Bertz CT molecular complexity index is 6490. The van der Waals surface area contributed by atoms with Crippen LogP contribution < -0.4 is 26.2 Å². The normalized spacial score (nSPS) is 12.6. The summed E-state index contributed by atoms with van der Waals surface area (Å²) in [6, 6.07) is 149. The fourth-order valence-corrected chi connectivity index (χ4v) is 18.6. The van der Waals surface area contributed by atoms with E-state index in [9.17, 15) is 0 Å². The van der Waals surface area contributed by atoms with Gasteiger partial charge in [-0.1, -0.05) is 327 Å². The summed E-state index contributed by atoms with van der Waals surface area (Å²) in [5.74, 6) is 0. The maximum atomic E-state index is 2.62. The van der Waals surface area contributed by atoms with E-state index in [-0.39, 0.29) is 17.5 Å². The van der Waals surface area contributed by atoms with E-state index in [0.29, 0.717) is 0 Å². The number of aromatic nitrogens is 2. The predicted octanol–water partition coefficient (Wildman–Crippen LogP) is 27.9. The molecule has 17 aromatic carbocycles. The molecule has 0 fully saturated rings. The van der Waals surface area contributed by atoms with E-state index < -0.39 is 0 Å². The molecule has 0 bridgehead atoms. The second-order valence-corrected chi connectivity index (χ2v) is 33.2. The van der Waals surface area contributed by atoms with Crippen LogP contribution in [0.4, 0.5) is 34.1 Å². The molecule has 0 saturated carbocycles. The van der Waals surface area contributed by atoms with Crippen molar-refractivity contribution in [3.05, 3.63) is 405 Å². The summed E-state index contributed by atoms with van der Waals surface area (Å²) in [6.45, 7) is 13.5. The molecule has 0 amide bonds. The zero-order valence-electron chi connectivity index (χ0n) is 65.4. The number of rotatable bonds is 12. The Morgan fingerprint density at radius 1 is 0.209 bits per heavy atom. The van der Waals surface area contributed by atoms with E-state index in [4.69, 9.17) is 0 Å². The summed E-state index contributed by atoms with van der Waals surface area (Å²) >= 11 is 0. The number of nitrogens with zero attached hydrogens (tertiary/aromatic N) is 4. The summed E-state index contributed by atoms with van der Waals surface area (Å²) in [4.78, 5) is 5.24. The lowest BCUT2D eigenvalue weighted by Crippen LogP contribution is -2.61. The van der Waals surface area contributed by atoms with E-state index in [1.807, 2.05) is 0 Å². The Labute approximate surface area is 673 Å². The van der Waals surface area contributed by atoms with Crippen molar-refractivity contribution in [3.63, 3.8) is 0 Å². The van der Waals surface area contributed by atoms with Crippen LogP contribution in [0.1, 0.15) is 52.7 Å². The first-order valence-electron chi connectivity index (χ1n) is 40.3. The molecule has 2 aromatic heterocycles. The molecular formula is C110H83BN4. The SMILES string of the molecule is CC(C)(C)c1ccc(-c2cccc3c4ccccc4n(-c4ccc5c(c4)B4c6cc(-n7c8ccccc8c8cccc(-c9ccc(C(C)(C)C)cc9)c87)ccc6N(c6ccccc6-c6cc(-c7ccccc7)cc(-c7ccccc7)c6)c6cccc(c64)N5c4ccccc4-c4cc(-c5ccccc5)cc(-c5ccccc5)c4)c23)cc1. The molecule has 0 atom stereocenters. The molecule has 0 unspecified atom stereocenters. The lowest BCUT2D eigenvalue weighted by atomic mass is 9.33. The van der Waals surface area contributed by atoms with Crippen LogP contribution >= 0.6 is 0 Å². The van der Waals surface area contributed by atoms with Crippen LogP contribution in [-0.4, -0.2) is 15.8 Å². The minimum atomic E-state index is -0.310.